The molecule has 3 heteroatoms. The summed E-state index contributed by atoms with van der Waals surface area (Å²) in [5.41, 5.74) is -0.325. The summed E-state index contributed by atoms with van der Waals surface area (Å²) < 4.78 is 0. The molecule has 0 aromatic carbocycles. The van der Waals surface area contributed by atoms with Crippen LogP contribution in [-0.4, -0.2) is 29.6 Å². The van der Waals surface area contributed by atoms with Gasteiger partial charge >= 0.3 is 0 Å². The van der Waals surface area contributed by atoms with Crippen LogP contribution in [0.3, 0.4) is 0 Å². The summed E-state index contributed by atoms with van der Waals surface area (Å²) in [6, 6.07) is 0. The van der Waals surface area contributed by atoms with Crippen LogP contribution in [0.25, 0.3) is 0 Å². The molecule has 1 heterocycles. The number of hydrogen-bond donors (Lipinski definition) is 1. The first-order chi connectivity index (χ1) is 5.01. The van der Waals surface area contributed by atoms with Gasteiger partial charge in [0.2, 0.25) is 5.91 Å². The Labute approximate surface area is 67.8 Å². The van der Waals surface area contributed by atoms with Crippen LogP contribution >= 0.6 is 0 Å². The molecule has 1 aliphatic rings. The Morgan fingerprint density at radius 1 is 1.73 bits per heavy atom. The Balaban J connectivity index is 2.82. The predicted molar refractivity (Wildman–Crippen MR) is 44.1 cm³/mol. The second kappa shape index (κ2) is 2.48. The van der Waals surface area contributed by atoms with E-state index in [2.05, 4.69) is 5.32 Å². The Kier molecular flexibility index (Phi) is 1.92. The second-order valence-corrected chi connectivity index (χ2v) is 3.42. The molecule has 0 aromatic rings. The third kappa shape index (κ3) is 1.13. The summed E-state index contributed by atoms with van der Waals surface area (Å²) in [5, 5.41) is 3.26. The van der Waals surface area contributed by atoms with Gasteiger partial charge in [-0.15, -0.1) is 0 Å². The van der Waals surface area contributed by atoms with Crippen LogP contribution in [0, 0.1) is 0 Å². The monoisotopic (exact) mass is 156 g/mol. The van der Waals surface area contributed by atoms with E-state index in [1.165, 1.54) is 0 Å². The molecule has 0 saturated carbocycles. The Bertz CT molecular complexity index is 181. The van der Waals surface area contributed by atoms with Gasteiger partial charge in [-0.25, -0.2) is 0 Å². The van der Waals surface area contributed by atoms with Gasteiger partial charge in [0.15, 0.2) is 0 Å². The predicted octanol–water partition coefficient (Wildman–Crippen LogP) is 0.563. The number of carbonyl (C=O) groups is 1. The van der Waals surface area contributed by atoms with Gasteiger partial charge in [0.05, 0.1) is 11.7 Å². The number of carbonyl (C=O) groups excluding carboxylic acids is 1. The SMILES string of the molecule is CCC1(C)NC(C)N(C)C1=O. The molecule has 1 amide bonds. The molecular weight excluding hydrogens is 140 g/mol. The lowest BCUT2D eigenvalue weighted by molar-refractivity contribution is -0.131. The summed E-state index contributed by atoms with van der Waals surface area (Å²) in [7, 11) is 1.83. The summed E-state index contributed by atoms with van der Waals surface area (Å²) in [5.74, 6) is 0.201. The third-order valence-corrected chi connectivity index (χ3v) is 2.61. The highest BCUT2D eigenvalue weighted by molar-refractivity contribution is 5.88. The summed E-state index contributed by atoms with van der Waals surface area (Å²) in [4.78, 5) is 13.3. The highest BCUT2D eigenvalue weighted by Crippen LogP contribution is 2.21. The highest BCUT2D eigenvalue weighted by atomic mass is 16.2. The van der Waals surface area contributed by atoms with Gasteiger partial charge < -0.3 is 4.90 Å². The maximum absolute atomic E-state index is 11.5. The van der Waals surface area contributed by atoms with Crippen molar-refractivity contribution in [3.8, 4) is 0 Å². The zero-order chi connectivity index (χ0) is 8.65. The minimum Gasteiger partial charge on any atom is -0.329 e. The van der Waals surface area contributed by atoms with Crippen molar-refractivity contribution in [1.82, 2.24) is 10.2 Å². The molecule has 0 bridgehead atoms. The molecular formula is C8H16N2O. The first kappa shape index (κ1) is 8.53. The van der Waals surface area contributed by atoms with Gasteiger partial charge in [0.25, 0.3) is 0 Å². The molecule has 3 nitrogen and oxygen atoms in total. The largest absolute Gasteiger partial charge is 0.329 e. The van der Waals surface area contributed by atoms with Crippen molar-refractivity contribution in [3.05, 3.63) is 0 Å². The van der Waals surface area contributed by atoms with Crippen LogP contribution < -0.4 is 5.32 Å². The van der Waals surface area contributed by atoms with Crippen LogP contribution in [0.2, 0.25) is 0 Å². The maximum atomic E-state index is 11.5. The smallest absolute Gasteiger partial charge is 0.243 e. The van der Waals surface area contributed by atoms with E-state index in [-0.39, 0.29) is 17.6 Å². The lowest BCUT2D eigenvalue weighted by Gasteiger charge is -2.18. The zero-order valence-corrected chi connectivity index (χ0v) is 7.64. The number of likely N-dealkylation sites (N-methyl/N-ethyl adjacent to an activating group) is 1. The van der Waals surface area contributed by atoms with Crippen LogP contribution in [0.4, 0.5) is 0 Å². The van der Waals surface area contributed by atoms with Crippen molar-refractivity contribution < 1.29 is 4.79 Å². The molecule has 2 atom stereocenters. The summed E-state index contributed by atoms with van der Waals surface area (Å²) in [6.07, 6.45) is 1.02. The van der Waals surface area contributed by atoms with Gasteiger partial charge in [-0.05, 0) is 20.3 Å². The molecule has 11 heavy (non-hydrogen) atoms. The van der Waals surface area contributed by atoms with Gasteiger partial charge in [0, 0.05) is 7.05 Å². The van der Waals surface area contributed by atoms with E-state index in [0.717, 1.165) is 6.42 Å². The number of hydrogen-bond acceptors (Lipinski definition) is 2. The fraction of sp³-hybridized carbons (Fsp3) is 0.875. The zero-order valence-electron chi connectivity index (χ0n) is 7.64. The molecule has 64 valence electrons. The van der Waals surface area contributed by atoms with Gasteiger partial charge in [-0.2, -0.15) is 0 Å². The quantitative estimate of drug-likeness (QED) is 0.601. The maximum Gasteiger partial charge on any atom is 0.243 e. The highest BCUT2D eigenvalue weighted by Gasteiger charge is 2.42. The fourth-order valence-electron chi connectivity index (χ4n) is 1.44. The van der Waals surface area contributed by atoms with Crippen LogP contribution in [0.15, 0.2) is 0 Å². The van der Waals surface area contributed by atoms with E-state index in [9.17, 15) is 4.79 Å². The fourth-order valence-corrected chi connectivity index (χ4v) is 1.44. The Morgan fingerprint density at radius 2 is 2.27 bits per heavy atom. The van der Waals surface area contributed by atoms with Gasteiger partial charge in [-0.1, -0.05) is 6.92 Å². The first-order valence-corrected chi connectivity index (χ1v) is 4.06. The Morgan fingerprint density at radius 3 is 2.45 bits per heavy atom. The molecule has 1 saturated heterocycles. The van der Waals surface area contributed by atoms with E-state index >= 15 is 0 Å². The normalized spacial score (nSPS) is 38.4. The molecule has 1 fully saturated rings. The first-order valence-electron chi connectivity index (χ1n) is 4.06. The molecule has 1 aliphatic heterocycles. The molecule has 0 aromatic heterocycles. The average Bonchev–Trinajstić information content (AvgIpc) is 2.17. The summed E-state index contributed by atoms with van der Waals surface area (Å²) >= 11 is 0. The number of nitrogens with zero attached hydrogens (tertiary/aromatic N) is 1. The van der Waals surface area contributed by atoms with E-state index in [0.29, 0.717) is 0 Å². The molecule has 0 aliphatic carbocycles. The number of nitrogens with one attached hydrogen (secondary N) is 1. The Hall–Kier alpha value is -0.570. The average molecular weight is 156 g/mol. The van der Waals surface area contributed by atoms with Crippen LogP contribution in [0.5, 0.6) is 0 Å². The standard InChI is InChI=1S/C8H16N2O/c1-5-8(3)7(11)10(4)6(2)9-8/h6,9H,5H2,1-4H3. The van der Waals surface area contributed by atoms with Crippen LogP contribution in [0.1, 0.15) is 27.2 Å². The van der Waals surface area contributed by atoms with E-state index in [1.54, 1.807) is 4.90 Å². The number of rotatable bonds is 1. The third-order valence-electron chi connectivity index (χ3n) is 2.61. The van der Waals surface area contributed by atoms with Gasteiger partial charge in [-0.3, -0.25) is 10.1 Å². The lowest BCUT2D eigenvalue weighted by Crippen LogP contribution is -2.43. The van der Waals surface area contributed by atoms with Crippen molar-refractivity contribution in [2.24, 2.45) is 0 Å². The van der Waals surface area contributed by atoms with Crippen molar-refractivity contribution in [3.63, 3.8) is 0 Å². The second-order valence-electron chi connectivity index (χ2n) is 3.42. The van der Waals surface area contributed by atoms with Crippen LogP contribution in [-0.2, 0) is 4.79 Å². The molecule has 0 spiro atoms. The van der Waals surface area contributed by atoms with E-state index in [1.807, 2.05) is 27.8 Å². The van der Waals surface area contributed by atoms with E-state index < -0.39 is 0 Å². The minimum absolute atomic E-state index is 0.174. The van der Waals surface area contributed by atoms with Crippen molar-refractivity contribution in [2.75, 3.05) is 7.05 Å². The van der Waals surface area contributed by atoms with E-state index in [4.69, 9.17) is 0 Å². The van der Waals surface area contributed by atoms with Crippen molar-refractivity contribution >= 4 is 5.91 Å². The lowest BCUT2D eigenvalue weighted by atomic mass is 10.00. The molecule has 2 unspecified atom stereocenters. The molecule has 0 radical (unpaired) electrons. The summed E-state index contributed by atoms with van der Waals surface area (Å²) in [6.45, 7) is 5.98. The van der Waals surface area contributed by atoms with Crippen molar-refractivity contribution in [1.29, 1.82) is 0 Å². The number of amides is 1. The van der Waals surface area contributed by atoms with Gasteiger partial charge in [0.1, 0.15) is 0 Å². The minimum atomic E-state index is -0.325. The topological polar surface area (TPSA) is 32.3 Å². The molecule has 1 N–H and O–H groups in total. The van der Waals surface area contributed by atoms with Crippen molar-refractivity contribution in [2.45, 2.75) is 38.9 Å². The molecule has 1 rings (SSSR count).